The van der Waals surface area contributed by atoms with Gasteiger partial charge in [-0.1, -0.05) is 6.07 Å². The lowest BCUT2D eigenvalue weighted by molar-refractivity contribution is 0.174. The van der Waals surface area contributed by atoms with Crippen LogP contribution in [0.15, 0.2) is 65.8 Å². The van der Waals surface area contributed by atoms with Crippen LogP contribution in [0.5, 0.6) is 11.5 Å². The minimum absolute atomic E-state index is 0.243. The molecule has 0 aliphatic carbocycles. The molecule has 29 heavy (non-hydrogen) atoms. The van der Waals surface area contributed by atoms with Gasteiger partial charge in [-0.15, -0.1) is 11.8 Å². The Morgan fingerprint density at radius 1 is 1.07 bits per heavy atom. The van der Waals surface area contributed by atoms with Gasteiger partial charge >= 0.3 is 0 Å². The highest BCUT2D eigenvalue weighted by Crippen LogP contribution is 2.38. The summed E-state index contributed by atoms with van der Waals surface area (Å²) >= 11 is 1.69. The number of nitrogens with one attached hydrogen (secondary N) is 2. The maximum Gasteiger partial charge on any atom is 0.231 e. The predicted molar refractivity (Wildman–Crippen MR) is 113 cm³/mol. The number of rotatable bonds is 5. The van der Waals surface area contributed by atoms with Crippen LogP contribution in [0.25, 0.3) is 22.5 Å². The molecule has 0 spiro atoms. The fourth-order valence-electron chi connectivity index (χ4n) is 3.15. The van der Waals surface area contributed by atoms with Gasteiger partial charge in [0.05, 0.1) is 17.6 Å². The zero-order valence-corrected chi connectivity index (χ0v) is 16.4. The largest absolute Gasteiger partial charge is 0.454 e. The Morgan fingerprint density at radius 3 is 2.93 bits per heavy atom. The number of aromatic amines is 1. The van der Waals surface area contributed by atoms with E-state index < -0.39 is 0 Å². The Bertz CT molecular complexity index is 1180. The van der Waals surface area contributed by atoms with E-state index >= 15 is 0 Å². The summed E-state index contributed by atoms with van der Waals surface area (Å²) < 4.78 is 10.9. The second kappa shape index (κ2) is 7.48. The number of thioether (sulfide) groups is 1. The molecule has 0 atom stereocenters. The van der Waals surface area contributed by atoms with Crippen molar-refractivity contribution in [3.63, 3.8) is 0 Å². The quantitative estimate of drug-likeness (QED) is 0.466. The SMILES string of the molecule is CSc1cccc(Nc2nccc(-c3cn[nH]c3-c3ccc4c(c3)OCO4)n2)c1. The molecule has 0 bridgehead atoms. The first kappa shape index (κ1) is 17.6. The van der Waals surface area contributed by atoms with Crippen LogP contribution in [0.2, 0.25) is 0 Å². The monoisotopic (exact) mass is 403 g/mol. The molecular weight excluding hydrogens is 386 g/mol. The van der Waals surface area contributed by atoms with Crippen molar-refractivity contribution in [3.8, 4) is 34.0 Å². The minimum atomic E-state index is 0.243. The Labute approximate surface area is 171 Å². The molecule has 4 aromatic rings. The predicted octanol–water partition coefficient (Wildman–Crippen LogP) is 4.73. The highest BCUT2D eigenvalue weighted by molar-refractivity contribution is 7.98. The molecule has 8 heteroatoms. The third-order valence-electron chi connectivity index (χ3n) is 4.56. The Morgan fingerprint density at radius 2 is 2.00 bits per heavy atom. The van der Waals surface area contributed by atoms with Gasteiger partial charge < -0.3 is 14.8 Å². The van der Waals surface area contributed by atoms with Crippen molar-refractivity contribution in [1.29, 1.82) is 0 Å². The standard InChI is InChI=1S/C21H17N5O2S/c1-29-15-4-2-3-14(10-15)24-21-22-8-7-17(25-21)16-11-23-26-20(16)13-5-6-18-19(9-13)28-12-27-18/h2-11H,12H2,1H3,(H,23,26)(H,22,24,25). The Hall–Kier alpha value is -3.52. The summed E-state index contributed by atoms with van der Waals surface area (Å²) in [6, 6.07) is 15.8. The minimum Gasteiger partial charge on any atom is -0.454 e. The molecule has 0 saturated carbocycles. The lowest BCUT2D eigenvalue weighted by atomic mass is 10.1. The van der Waals surface area contributed by atoms with E-state index in [-0.39, 0.29) is 6.79 Å². The number of hydrogen-bond donors (Lipinski definition) is 2. The van der Waals surface area contributed by atoms with Gasteiger partial charge in [-0.2, -0.15) is 5.10 Å². The third kappa shape index (κ3) is 3.50. The maximum absolute atomic E-state index is 5.49. The first-order chi connectivity index (χ1) is 14.3. The fourth-order valence-corrected chi connectivity index (χ4v) is 3.61. The lowest BCUT2D eigenvalue weighted by Gasteiger charge is -2.08. The van der Waals surface area contributed by atoms with Crippen LogP contribution in [0.3, 0.4) is 0 Å². The molecular formula is C21H17N5O2S. The van der Waals surface area contributed by atoms with Gasteiger partial charge in [0.1, 0.15) is 0 Å². The Balaban J connectivity index is 1.47. The average Bonchev–Trinajstić information content (AvgIpc) is 3.43. The average molecular weight is 403 g/mol. The number of ether oxygens (including phenoxy) is 2. The number of nitrogens with zero attached hydrogens (tertiary/aromatic N) is 3. The molecule has 0 radical (unpaired) electrons. The number of hydrogen-bond acceptors (Lipinski definition) is 7. The van der Waals surface area contributed by atoms with Crippen molar-refractivity contribution in [3.05, 3.63) is 60.9 Å². The van der Waals surface area contributed by atoms with Crippen molar-refractivity contribution in [2.75, 3.05) is 18.4 Å². The van der Waals surface area contributed by atoms with Crippen LogP contribution in [0, 0.1) is 0 Å². The molecule has 2 aromatic heterocycles. The summed E-state index contributed by atoms with van der Waals surface area (Å²) in [5.74, 6) is 2.00. The summed E-state index contributed by atoms with van der Waals surface area (Å²) in [6.45, 7) is 0.243. The maximum atomic E-state index is 5.49. The molecule has 0 saturated heterocycles. The van der Waals surface area contributed by atoms with Gasteiger partial charge in [-0.25, -0.2) is 9.97 Å². The highest BCUT2D eigenvalue weighted by atomic mass is 32.2. The van der Waals surface area contributed by atoms with Crippen molar-refractivity contribution in [2.24, 2.45) is 0 Å². The molecule has 3 heterocycles. The summed E-state index contributed by atoms with van der Waals surface area (Å²) in [6.07, 6.45) is 5.55. The first-order valence-corrected chi connectivity index (χ1v) is 10.2. The molecule has 0 unspecified atom stereocenters. The zero-order chi connectivity index (χ0) is 19.6. The highest BCUT2D eigenvalue weighted by Gasteiger charge is 2.17. The Kier molecular flexibility index (Phi) is 4.53. The number of anilines is 2. The number of H-pyrrole nitrogens is 1. The summed E-state index contributed by atoms with van der Waals surface area (Å²) in [5, 5.41) is 10.6. The fraction of sp³-hybridized carbons (Fsp3) is 0.0952. The van der Waals surface area contributed by atoms with E-state index in [2.05, 4.69) is 37.6 Å². The van der Waals surface area contributed by atoms with Crippen LogP contribution in [-0.4, -0.2) is 33.2 Å². The number of fused-ring (bicyclic) bond motifs is 1. The lowest BCUT2D eigenvalue weighted by Crippen LogP contribution is -1.98. The van der Waals surface area contributed by atoms with Gasteiger partial charge in [-0.05, 0) is 48.7 Å². The number of aromatic nitrogens is 4. The van der Waals surface area contributed by atoms with Gasteiger partial charge in [0.2, 0.25) is 12.7 Å². The van der Waals surface area contributed by atoms with Crippen molar-refractivity contribution in [2.45, 2.75) is 4.90 Å². The van der Waals surface area contributed by atoms with E-state index in [1.807, 2.05) is 42.7 Å². The van der Waals surface area contributed by atoms with E-state index in [1.165, 1.54) is 4.90 Å². The van der Waals surface area contributed by atoms with E-state index in [0.717, 1.165) is 39.7 Å². The second-order valence-corrected chi connectivity index (χ2v) is 7.23. The van der Waals surface area contributed by atoms with E-state index in [9.17, 15) is 0 Å². The molecule has 2 N–H and O–H groups in total. The number of benzene rings is 2. The second-order valence-electron chi connectivity index (χ2n) is 6.35. The molecule has 2 aromatic carbocycles. The smallest absolute Gasteiger partial charge is 0.231 e. The third-order valence-corrected chi connectivity index (χ3v) is 5.28. The summed E-state index contributed by atoms with van der Waals surface area (Å²) in [5.41, 5.74) is 4.40. The van der Waals surface area contributed by atoms with Gasteiger partial charge in [-0.3, -0.25) is 5.10 Å². The van der Waals surface area contributed by atoms with Gasteiger partial charge in [0.25, 0.3) is 0 Å². The van der Waals surface area contributed by atoms with Crippen LogP contribution in [0.1, 0.15) is 0 Å². The molecule has 144 valence electrons. The van der Waals surface area contributed by atoms with Crippen molar-refractivity contribution >= 4 is 23.4 Å². The van der Waals surface area contributed by atoms with Crippen molar-refractivity contribution in [1.82, 2.24) is 20.2 Å². The van der Waals surface area contributed by atoms with Crippen LogP contribution < -0.4 is 14.8 Å². The van der Waals surface area contributed by atoms with Crippen LogP contribution >= 0.6 is 11.8 Å². The topological polar surface area (TPSA) is 85.0 Å². The van der Waals surface area contributed by atoms with Crippen LogP contribution in [-0.2, 0) is 0 Å². The van der Waals surface area contributed by atoms with E-state index in [0.29, 0.717) is 5.95 Å². The summed E-state index contributed by atoms with van der Waals surface area (Å²) in [4.78, 5) is 10.2. The first-order valence-electron chi connectivity index (χ1n) is 8.98. The molecule has 0 amide bonds. The van der Waals surface area contributed by atoms with E-state index in [1.54, 1.807) is 24.2 Å². The van der Waals surface area contributed by atoms with E-state index in [4.69, 9.17) is 9.47 Å². The van der Waals surface area contributed by atoms with Gasteiger partial charge in [0.15, 0.2) is 11.5 Å². The normalized spacial score (nSPS) is 12.2. The molecule has 5 rings (SSSR count). The molecule has 1 aliphatic rings. The van der Waals surface area contributed by atoms with Crippen LogP contribution in [0.4, 0.5) is 11.6 Å². The van der Waals surface area contributed by atoms with Gasteiger partial charge in [0, 0.05) is 27.9 Å². The molecule has 0 fully saturated rings. The molecule has 7 nitrogen and oxygen atoms in total. The zero-order valence-electron chi connectivity index (χ0n) is 15.5. The summed E-state index contributed by atoms with van der Waals surface area (Å²) in [7, 11) is 0. The van der Waals surface area contributed by atoms with Crippen molar-refractivity contribution < 1.29 is 9.47 Å². The molecule has 1 aliphatic heterocycles.